The van der Waals surface area contributed by atoms with Crippen LogP contribution in [0.4, 0.5) is 0 Å². The summed E-state index contributed by atoms with van der Waals surface area (Å²) in [6.07, 6.45) is 4.09. The van der Waals surface area contributed by atoms with Crippen molar-refractivity contribution in [2.75, 3.05) is 13.2 Å². The van der Waals surface area contributed by atoms with Gasteiger partial charge < -0.3 is 10.1 Å². The monoisotopic (exact) mass is 328 g/mol. The van der Waals surface area contributed by atoms with Crippen LogP contribution in [0.15, 0.2) is 36.7 Å². The highest BCUT2D eigenvalue weighted by atomic mass is 16.5. The van der Waals surface area contributed by atoms with E-state index >= 15 is 0 Å². The minimum absolute atomic E-state index is 0.0116. The lowest BCUT2D eigenvalue weighted by Gasteiger charge is -2.45. The summed E-state index contributed by atoms with van der Waals surface area (Å²) >= 11 is 0. The maximum absolute atomic E-state index is 12.0. The van der Waals surface area contributed by atoms with Gasteiger partial charge in [0, 0.05) is 18.6 Å². The fourth-order valence-electron chi connectivity index (χ4n) is 3.69. The molecule has 1 atom stereocenters. The number of rotatable bonds is 5. The molecule has 0 saturated carbocycles. The van der Waals surface area contributed by atoms with Gasteiger partial charge in [0.05, 0.1) is 5.60 Å². The molecule has 2 heterocycles. The summed E-state index contributed by atoms with van der Waals surface area (Å²) in [5.41, 5.74) is 1.16. The Kier molecular flexibility index (Phi) is 4.66. The second kappa shape index (κ2) is 6.73. The number of aromatic amines is 1. The molecule has 1 aromatic carbocycles. The SMILES string of the molecule is CC1(C)CC(CCNC(=O)c2ncn[nH]2)(c2ccccc2)CCO1. The van der Waals surface area contributed by atoms with Gasteiger partial charge in [0.15, 0.2) is 0 Å². The number of carbonyl (C=O) groups is 1. The number of hydrogen-bond acceptors (Lipinski definition) is 4. The molecule has 0 spiro atoms. The molecule has 0 radical (unpaired) electrons. The van der Waals surface area contributed by atoms with E-state index < -0.39 is 0 Å². The van der Waals surface area contributed by atoms with Crippen LogP contribution in [0.2, 0.25) is 0 Å². The molecule has 2 N–H and O–H groups in total. The van der Waals surface area contributed by atoms with Gasteiger partial charge in [-0.2, -0.15) is 5.10 Å². The zero-order valence-corrected chi connectivity index (χ0v) is 14.2. The predicted octanol–water partition coefficient (Wildman–Crippen LogP) is 2.45. The molecular formula is C18H24N4O2. The fraction of sp³-hybridized carbons (Fsp3) is 0.500. The van der Waals surface area contributed by atoms with E-state index in [4.69, 9.17) is 4.74 Å². The zero-order valence-electron chi connectivity index (χ0n) is 14.2. The van der Waals surface area contributed by atoms with Crippen molar-refractivity contribution in [2.24, 2.45) is 0 Å². The lowest BCUT2D eigenvalue weighted by molar-refractivity contribution is -0.0838. The number of nitrogens with one attached hydrogen (secondary N) is 2. The summed E-state index contributed by atoms with van der Waals surface area (Å²) in [5.74, 6) is 0.0260. The molecule has 128 valence electrons. The lowest BCUT2D eigenvalue weighted by Crippen LogP contribution is -2.45. The van der Waals surface area contributed by atoms with Crippen LogP contribution in [-0.2, 0) is 10.2 Å². The van der Waals surface area contributed by atoms with E-state index in [-0.39, 0.29) is 22.7 Å². The van der Waals surface area contributed by atoms with Crippen molar-refractivity contribution in [3.05, 3.63) is 48.0 Å². The number of nitrogens with zero attached hydrogens (tertiary/aromatic N) is 2. The Morgan fingerprint density at radius 3 is 2.79 bits per heavy atom. The minimum atomic E-state index is -0.220. The van der Waals surface area contributed by atoms with E-state index in [1.807, 2.05) is 6.07 Å². The van der Waals surface area contributed by atoms with Crippen LogP contribution in [0.5, 0.6) is 0 Å². The largest absolute Gasteiger partial charge is 0.376 e. The first-order valence-electron chi connectivity index (χ1n) is 8.34. The Morgan fingerprint density at radius 2 is 2.12 bits per heavy atom. The number of carbonyl (C=O) groups excluding carboxylic acids is 1. The fourth-order valence-corrected chi connectivity index (χ4v) is 3.69. The van der Waals surface area contributed by atoms with Crippen molar-refractivity contribution in [3.63, 3.8) is 0 Å². The first kappa shape index (κ1) is 16.6. The van der Waals surface area contributed by atoms with Crippen LogP contribution in [0.1, 0.15) is 49.3 Å². The zero-order chi connectivity index (χ0) is 17.0. The molecule has 24 heavy (non-hydrogen) atoms. The normalized spacial score (nSPS) is 22.9. The third kappa shape index (κ3) is 3.64. The summed E-state index contributed by atoms with van der Waals surface area (Å²) in [5, 5.41) is 9.24. The molecule has 1 fully saturated rings. The van der Waals surface area contributed by atoms with Crippen LogP contribution < -0.4 is 5.32 Å². The number of H-pyrrole nitrogens is 1. The molecule has 2 aromatic rings. The number of amides is 1. The van der Waals surface area contributed by atoms with Gasteiger partial charge in [0.2, 0.25) is 5.82 Å². The van der Waals surface area contributed by atoms with Crippen molar-refractivity contribution in [3.8, 4) is 0 Å². The van der Waals surface area contributed by atoms with Gasteiger partial charge in [0.1, 0.15) is 6.33 Å². The van der Waals surface area contributed by atoms with Crippen molar-refractivity contribution in [2.45, 2.75) is 44.1 Å². The van der Waals surface area contributed by atoms with Gasteiger partial charge in [-0.25, -0.2) is 4.98 Å². The molecule has 1 saturated heterocycles. The summed E-state index contributed by atoms with van der Waals surface area (Å²) in [4.78, 5) is 15.9. The molecule has 1 amide bonds. The highest BCUT2D eigenvalue weighted by Crippen LogP contribution is 2.43. The van der Waals surface area contributed by atoms with Crippen molar-refractivity contribution in [1.82, 2.24) is 20.5 Å². The standard InChI is InChI=1S/C18H24N4O2/c1-17(2)12-18(9-11-24-17,14-6-4-3-5-7-14)8-10-19-16(23)15-20-13-21-22-15/h3-7,13H,8-12H2,1-2H3,(H,19,23)(H,20,21,22). The van der Waals surface area contributed by atoms with Crippen molar-refractivity contribution in [1.29, 1.82) is 0 Å². The van der Waals surface area contributed by atoms with Crippen LogP contribution in [0.25, 0.3) is 0 Å². The molecule has 1 aliphatic heterocycles. The van der Waals surface area contributed by atoms with E-state index in [1.54, 1.807) is 0 Å². The molecular weight excluding hydrogens is 304 g/mol. The first-order chi connectivity index (χ1) is 11.5. The Balaban J connectivity index is 1.72. The maximum Gasteiger partial charge on any atom is 0.288 e. The molecule has 1 aliphatic rings. The van der Waals surface area contributed by atoms with Gasteiger partial charge >= 0.3 is 0 Å². The minimum Gasteiger partial charge on any atom is -0.376 e. The smallest absolute Gasteiger partial charge is 0.288 e. The second-order valence-electron chi connectivity index (χ2n) is 7.02. The Bertz CT molecular complexity index is 670. The molecule has 1 aromatic heterocycles. The topological polar surface area (TPSA) is 79.9 Å². The van der Waals surface area contributed by atoms with E-state index in [0.29, 0.717) is 6.54 Å². The van der Waals surface area contributed by atoms with Gasteiger partial charge in [-0.15, -0.1) is 0 Å². The maximum atomic E-state index is 12.0. The summed E-state index contributed by atoms with van der Waals surface area (Å²) in [6, 6.07) is 10.5. The van der Waals surface area contributed by atoms with E-state index in [2.05, 4.69) is 58.6 Å². The Morgan fingerprint density at radius 1 is 1.33 bits per heavy atom. The Labute approximate surface area is 142 Å². The molecule has 6 nitrogen and oxygen atoms in total. The predicted molar refractivity (Wildman–Crippen MR) is 90.7 cm³/mol. The number of benzene rings is 1. The molecule has 0 bridgehead atoms. The average molecular weight is 328 g/mol. The van der Waals surface area contributed by atoms with Gasteiger partial charge in [-0.05, 0) is 38.7 Å². The van der Waals surface area contributed by atoms with Crippen LogP contribution in [-0.4, -0.2) is 39.8 Å². The molecule has 6 heteroatoms. The van der Waals surface area contributed by atoms with Gasteiger partial charge in [-0.3, -0.25) is 9.89 Å². The third-order valence-corrected chi connectivity index (χ3v) is 4.74. The van der Waals surface area contributed by atoms with Crippen LogP contribution in [0.3, 0.4) is 0 Å². The van der Waals surface area contributed by atoms with Gasteiger partial charge in [-0.1, -0.05) is 30.3 Å². The van der Waals surface area contributed by atoms with Crippen LogP contribution >= 0.6 is 0 Å². The van der Waals surface area contributed by atoms with Gasteiger partial charge in [0.25, 0.3) is 5.91 Å². The van der Waals surface area contributed by atoms with Crippen LogP contribution in [0, 0.1) is 0 Å². The second-order valence-corrected chi connectivity index (χ2v) is 7.02. The Hall–Kier alpha value is -2.21. The average Bonchev–Trinajstić information content (AvgIpc) is 3.09. The van der Waals surface area contributed by atoms with E-state index in [0.717, 1.165) is 25.9 Å². The quantitative estimate of drug-likeness (QED) is 0.883. The highest BCUT2D eigenvalue weighted by molar-refractivity contribution is 5.90. The van der Waals surface area contributed by atoms with E-state index in [1.165, 1.54) is 11.9 Å². The lowest BCUT2D eigenvalue weighted by atomic mass is 9.67. The summed E-state index contributed by atoms with van der Waals surface area (Å²) < 4.78 is 5.92. The molecule has 0 aliphatic carbocycles. The number of aromatic nitrogens is 3. The number of ether oxygens (including phenoxy) is 1. The summed E-state index contributed by atoms with van der Waals surface area (Å²) in [7, 11) is 0. The van der Waals surface area contributed by atoms with Crippen molar-refractivity contribution >= 4 is 5.91 Å². The highest BCUT2D eigenvalue weighted by Gasteiger charge is 2.41. The van der Waals surface area contributed by atoms with E-state index in [9.17, 15) is 4.79 Å². The summed E-state index contributed by atoms with van der Waals surface area (Å²) in [6.45, 7) is 5.59. The third-order valence-electron chi connectivity index (χ3n) is 4.74. The van der Waals surface area contributed by atoms with Crippen molar-refractivity contribution < 1.29 is 9.53 Å². The molecule has 3 rings (SSSR count). The molecule has 1 unspecified atom stereocenters. The first-order valence-corrected chi connectivity index (χ1v) is 8.34. The number of hydrogen-bond donors (Lipinski definition) is 2.